The number of aliphatic carboxylic acids is 1. The Balaban J connectivity index is 0.00000128. The molecule has 2 atom stereocenters. The summed E-state index contributed by atoms with van der Waals surface area (Å²) in [6, 6.07) is 5.45. The molecular formula is C11H15ClN2O2. The molecule has 0 unspecified atom stereocenters. The summed E-state index contributed by atoms with van der Waals surface area (Å²) in [5, 5.41) is 11.8. The lowest BCUT2D eigenvalue weighted by Gasteiger charge is -2.06. The number of hydrogen-bond donors (Lipinski definition) is 2. The topological polar surface area (TPSA) is 62.2 Å². The normalized spacial score (nSPS) is 23.8. The first-order valence-corrected chi connectivity index (χ1v) is 5.12. The first kappa shape index (κ1) is 12.9. The van der Waals surface area contributed by atoms with Crippen LogP contribution < -0.4 is 5.32 Å². The van der Waals surface area contributed by atoms with Gasteiger partial charge in [-0.15, -0.1) is 12.4 Å². The van der Waals surface area contributed by atoms with Crippen molar-refractivity contribution in [1.29, 1.82) is 0 Å². The average Bonchev–Trinajstić information content (AvgIpc) is 2.68. The number of carbonyl (C=O) groups is 1. The molecule has 1 aliphatic heterocycles. The number of hydrogen-bond acceptors (Lipinski definition) is 3. The number of halogens is 1. The SMILES string of the molecule is Cl.O=C(O)[C@@H]1C[C@@H](Cc2ccccn2)CN1. The van der Waals surface area contributed by atoms with Crippen LogP contribution in [0, 0.1) is 5.92 Å². The molecule has 0 aromatic carbocycles. The van der Waals surface area contributed by atoms with Crippen LogP contribution >= 0.6 is 12.4 Å². The average molecular weight is 243 g/mol. The fraction of sp³-hybridized carbons (Fsp3) is 0.455. The van der Waals surface area contributed by atoms with Gasteiger partial charge in [0, 0.05) is 11.9 Å². The predicted molar refractivity (Wildman–Crippen MR) is 62.7 cm³/mol. The maximum Gasteiger partial charge on any atom is 0.320 e. The summed E-state index contributed by atoms with van der Waals surface area (Å²) < 4.78 is 0. The molecule has 0 radical (unpaired) electrons. The molecule has 0 spiro atoms. The highest BCUT2D eigenvalue weighted by molar-refractivity contribution is 5.85. The Morgan fingerprint density at radius 3 is 2.94 bits per heavy atom. The predicted octanol–water partition coefficient (Wildman–Crippen LogP) is 1.11. The highest BCUT2D eigenvalue weighted by Crippen LogP contribution is 2.18. The molecule has 0 bridgehead atoms. The number of carboxylic acid groups (broad SMARTS) is 1. The molecule has 0 aliphatic carbocycles. The first-order valence-electron chi connectivity index (χ1n) is 5.12. The Morgan fingerprint density at radius 2 is 2.38 bits per heavy atom. The fourth-order valence-electron chi connectivity index (χ4n) is 1.97. The third-order valence-corrected chi connectivity index (χ3v) is 2.74. The van der Waals surface area contributed by atoms with Crippen molar-refractivity contribution >= 4 is 18.4 Å². The minimum absolute atomic E-state index is 0. The Morgan fingerprint density at radius 1 is 1.56 bits per heavy atom. The standard InChI is InChI=1S/C11H14N2O2.ClH/c14-11(15)10-6-8(7-13-10)5-9-3-1-2-4-12-9;/h1-4,8,10,13H,5-7H2,(H,14,15);1H/t8-,10+;/m1./s1. The van der Waals surface area contributed by atoms with Crippen LogP contribution in [0.25, 0.3) is 0 Å². The monoisotopic (exact) mass is 242 g/mol. The van der Waals surface area contributed by atoms with Gasteiger partial charge in [0.2, 0.25) is 0 Å². The lowest BCUT2D eigenvalue weighted by molar-refractivity contribution is -0.139. The number of pyridine rings is 1. The second kappa shape index (κ2) is 5.82. The van der Waals surface area contributed by atoms with Gasteiger partial charge < -0.3 is 10.4 Å². The smallest absolute Gasteiger partial charge is 0.320 e. The van der Waals surface area contributed by atoms with E-state index in [0.717, 1.165) is 18.7 Å². The molecule has 0 saturated carbocycles. The molecular weight excluding hydrogens is 228 g/mol. The summed E-state index contributed by atoms with van der Waals surface area (Å²) in [5.41, 5.74) is 1.04. The minimum Gasteiger partial charge on any atom is -0.480 e. The van der Waals surface area contributed by atoms with Crippen molar-refractivity contribution in [3.63, 3.8) is 0 Å². The Bertz CT molecular complexity index is 345. The van der Waals surface area contributed by atoms with Crippen LogP contribution in [-0.2, 0) is 11.2 Å². The minimum atomic E-state index is -0.751. The van der Waals surface area contributed by atoms with Gasteiger partial charge in [-0.05, 0) is 37.4 Å². The zero-order chi connectivity index (χ0) is 10.7. The van der Waals surface area contributed by atoms with Crippen molar-refractivity contribution in [2.45, 2.75) is 18.9 Å². The molecule has 1 fully saturated rings. The second-order valence-corrected chi connectivity index (χ2v) is 3.93. The van der Waals surface area contributed by atoms with Gasteiger partial charge in [-0.2, -0.15) is 0 Å². The molecule has 88 valence electrons. The maximum absolute atomic E-state index is 10.7. The number of nitrogens with one attached hydrogen (secondary N) is 1. The van der Waals surface area contributed by atoms with Gasteiger partial charge in [0.25, 0.3) is 0 Å². The van der Waals surface area contributed by atoms with Crippen molar-refractivity contribution in [2.24, 2.45) is 5.92 Å². The third-order valence-electron chi connectivity index (χ3n) is 2.74. The molecule has 1 aromatic heterocycles. The van der Waals surface area contributed by atoms with Crippen molar-refractivity contribution in [2.75, 3.05) is 6.54 Å². The lowest BCUT2D eigenvalue weighted by atomic mass is 9.99. The van der Waals surface area contributed by atoms with Crippen molar-refractivity contribution in [3.8, 4) is 0 Å². The van der Waals surface area contributed by atoms with E-state index in [2.05, 4.69) is 10.3 Å². The van der Waals surface area contributed by atoms with E-state index in [1.54, 1.807) is 6.20 Å². The second-order valence-electron chi connectivity index (χ2n) is 3.93. The Hall–Kier alpha value is -1.13. The van der Waals surface area contributed by atoms with Crippen molar-refractivity contribution < 1.29 is 9.90 Å². The van der Waals surface area contributed by atoms with Gasteiger partial charge in [-0.3, -0.25) is 9.78 Å². The maximum atomic E-state index is 10.7. The number of nitrogens with zero attached hydrogens (tertiary/aromatic N) is 1. The van der Waals surface area contributed by atoms with Crippen LogP contribution in [-0.4, -0.2) is 28.6 Å². The lowest BCUT2D eigenvalue weighted by Crippen LogP contribution is -2.29. The Labute approximate surface area is 100 Å². The van der Waals surface area contributed by atoms with Gasteiger partial charge in [0.15, 0.2) is 0 Å². The van der Waals surface area contributed by atoms with E-state index in [4.69, 9.17) is 5.11 Å². The van der Waals surface area contributed by atoms with E-state index in [0.29, 0.717) is 12.3 Å². The number of carboxylic acids is 1. The van der Waals surface area contributed by atoms with E-state index in [1.165, 1.54) is 0 Å². The highest BCUT2D eigenvalue weighted by Gasteiger charge is 2.29. The summed E-state index contributed by atoms with van der Waals surface area (Å²) in [4.78, 5) is 15.0. The van der Waals surface area contributed by atoms with Crippen molar-refractivity contribution in [3.05, 3.63) is 30.1 Å². The number of rotatable bonds is 3. The summed E-state index contributed by atoms with van der Waals surface area (Å²) in [5.74, 6) is -0.362. The van der Waals surface area contributed by atoms with Gasteiger partial charge in [0.1, 0.15) is 6.04 Å². The molecule has 1 aromatic rings. The zero-order valence-corrected chi connectivity index (χ0v) is 9.61. The van der Waals surface area contributed by atoms with Crippen LogP contribution in [0.2, 0.25) is 0 Å². The molecule has 1 saturated heterocycles. The van der Waals surface area contributed by atoms with Gasteiger partial charge in [-0.1, -0.05) is 6.07 Å². The Kier molecular flexibility index (Phi) is 4.71. The molecule has 1 aliphatic rings. The molecule has 2 N–H and O–H groups in total. The molecule has 2 rings (SSSR count). The number of aromatic nitrogens is 1. The summed E-state index contributed by atoms with van der Waals surface area (Å²) in [6.07, 6.45) is 3.33. The summed E-state index contributed by atoms with van der Waals surface area (Å²) in [6.45, 7) is 0.771. The van der Waals surface area contributed by atoms with Crippen LogP contribution in [0.4, 0.5) is 0 Å². The quantitative estimate of drug-likeness (QED) is 0.834. The zero-order valence-electron chi connectivity index (χ0n) is 8.80. The third kappa shape index (κ3) is 3.18. The van der Waals surface area contributed by atoms with Gasteiger partial charge in [0.05, 0.1) is 0 Å². The molecule has 0 amide bonds. The largest absolute Gasteiger partial charge is 0.480 e. The van der Waals surface area contributed by atoms with Gasteiger partial charge >= 0.3 is 5.97 Å². The van der Waals surface area contributed by atoms with E-state index in [1.807, 2.05) is 18.2 Å². The molecule has 4 nitrogen and oxygen atoms in total. The first-order chi connectivity index (χ1) is 7.25. The van der Waals surface area contributed by atoms with Crippen LogP contribution in [0.1, 0.15) is 12.1 Å². The van der Waals surface area contributed by atoms with Gasteiger partial charge in [-0.25, -0.2) is 0 Å². The van der Waals surface area contributed by atoms with Crippen LogP contribution in [0.15, 0.2) is 24.4 Å². The fourth-order valence-corrected chi connectivity index (χ4v) is 1.97. The van der Waals surface area contributed by atoms with Crippen LogP contribution in [0.3, 0.4) is 0 Å². The highest BCUT2D eigenvalue weighted by atomic mass is 35.5. The van der Waals surface area contributed by atoms with E-state index < -0.39 is 5.97 Å². The van der Waals surface area contributed by atoms with Crippen molar-refractivity contribution in [1.82, 2.24) is 10.3 Å². The summed E-state index contributed by atoms with van der Waals surface area (Å²) >= 11 is 0. The molecule has 2 heterocycles. The summed E-state index contributed by atoms with van der Waals surface area (Å²) in [7, 11) is 0. The molecule has 5 heteroatoms. The van der Waals surface area contributed by atoms with Crippen LogP contribution in [0.5, 0.6) is 0 Å². The molecule has 16 heavy (non-hydrogen) atoms. The van der Waals surface area contributed by atoms with E-state index in [9.17, 15) is 4.79 Å². The van der Waals surface area contributed by atoms with E-state index in [-0.39, 0.29) is 18.4 Å². The van der Waals surface area contributed by atoms with E-state index >= 15 is 0 Å².